The minimum atomic E-state index is -0.938. The first-order valence-electron chi connectivity index (χ1n) is 8.66. The molecule has 0 bridgehead atoms. The second kappa shape index (κ2) is 5.33. The fourth-order valence-corrected chi connectivity index (χ4v) is 5.73. The number of nitrogens with two attached hydrogens (primary N) is 1. The quantitative estimate of drug-likeness (QED) is 0.631. The van der Waals surface area contributed by atoms with Gasteiger partial charge in [-0.15, -0.1) is 11.6 Å². The van der Waals surface area contributed by atoms with Gasteiger partial charge in [-0.2, -0.15) is 0 Å². The Morgan fingerprint density at radius 1 is 1.32 bits per heavy atom. The van der Waals surface area contributed by atoms with E-state index in [2.05, 4.69) is 22.5 Å². The summed E-state index contributed by atoms with van der Waals surface area (Å²) in [4.78, 5) is 4.63. The van der Waals surface area contributed by atoms with Crippen molar-refractivity contribution in [3.63, 3.8) is 0 Å². The smallest absolute Gasteiger partial charge is 0.129 e. The highest BCUT2D eigenvalue weighted by Gasteiger charge is 2.57. The van der Waals surface area contributed by atoms with Crippen molar-refractivity contribution < 1.29 is 5.11 Å². The van der Waals surface area contributed by atoms with E-state index in [4.69, 9.17) is 17.3 Å². The van der Waals surface area contributed by atoms with Crippen molar-refractivity contribution in [1.29, 1.82) is 0 Å². The van der Waals surface area contributed by atoms with Crippen molar-refractivity contribution in [1.82, 2.24) is 10.4 Å². The van der Waals surface area contributed by atoms with Crippen LogP contribution in [0.4, 0.5) is 0 Å². The summed E-state index contributed by atoms with van der Waals surface area (Å²) < 4.78 is 0. The third-order valence-corrected chi connectivity index (χ3v) is 7.11. The number of rotatable bonds is 1. The summed E-state index contributed by atoms with van der Waals surface area (Å²) in [6.45, 7) is 1.06. The van der Waals surface area contributed by atoms with E-state index < -0.39 is 5.60 Å². The Morgan fingerprint density at radius 3 is 2.95 bits per heavy atom. The van der Waals surface area contributed by atoms with Gasteiger partial charge in [0.15, 0.2) is 0 Å². The van der Waals surface area contributed by atoms with Gasteiger partial charge >= 0.3 is 0 Å². The number of hydrogen-bond acceptors (Lipinski definition) is 5. The molecular formula is C16H27ClN4O. The lowest BCUT2D eigenvalue weighted by molar-refractivity contribution is -0.0435. The monoisotopic (exact) mass is 326 g/mol. The molecule has 7 atom stereocenters. The summed E-state index contributed by atoms with van der Waals surface area (Å²) in [5.41, 5.74) is 8.74. The first-order valence-corrected chi connectivity index (χ1v) is 9.10. The van der Waals surface area contributed by atoms with Gasteiger partial charge in [0.25, 0.3) is 0 Å². The van der Waals surface area contributed by atoms with Crippen LogP contribution in [0.2, 0.25) is 0 Å². The Morgan fingerprint density at radius 2 is 2.14 bits per heavy atom. The summed E-state index contributed by atoms with van der Waals surface area (Å²) in [5.74, 6) is 1.50. The molecule has 2 heterocycles. The standard InChI is InChI=1S/C16H27ClN4O/c1-21-14-6-10(3-2-9(14)8-19-21)16(22)12-7-11(17)4-5-13(12)20-15(16)18/h9-14,19,22H,2-8H2,1H3,(H2,18,20). The molecule has 6 heteroatoms. The fraction of sp³-hybridized carbons (Fsp3) is 0.938. The van der Waals surface area contributed by atoms with Crippen molar-refractivity contribution >= 4 is 17.4 Å². The maximum atomic E-state index is 11.6. The normalized spacial score (nSPS) is 52.2. The van der Waals surface area contributed by atoms with E-state index in [0.29, 0.717) is 17.8 Å². The van der Waals surface area contributed by atoms with Gasteiger partial charge in [-0.1, -0.05) is 0 Å². The lowest BCUT2D eigenvalue weighted by Crippen LogP contribution is -2.57. The molecule has 7 unspecified atom stereocenters. The van der Waals surface area contributed by atoms with Crippen LogP contribution in [0.5, 0.6) is 0 Å². The average Bonchev–Trinajstić information content (AvgIpc) is 3.00. The number of hydrazine groups is 1. The van der Waals surface area contributed by atoms with Gasteiger partial charge < -0.3 is 10.8 Å². The molecule has 2 aliphatic carbocycles. The molecule has 1 saturated heterocycles. The molecule has 0 radical (unpaired) electrons. The van der Waals surface area contributed by atoms with Crippen LogP contribution in [-0.2, 0) is 0 Å². The molecule has 124 valence electrons. The molecule has 0 aromatic rings. The molecule has 0 spiro atoms. The first-order chi connectivity index (χ1) is 10.5. The minimum absolute atomic E-state index is 0.116. The van der Waals surface area contributed by atoms with E-state index in [-0.39, 0.29) is 23.3 Å². The third kappa shape index (κ3) is 2.13. The van der Waals surface area contributed by atoms with Crippen LogP contribution >= 0.6 is 11.6 Å². The predicted molar refractivity (Wildman–Crippen MR) is 87.7 cm³/mol. The van der Waals surface area contributed by atoms with E-state index in [1.807, 2.05) is 0 Å². The Labute approximate surface area is 137 Å². The fourth-order valence-electron chi connectivity index (χ4n) is 5.41. The van der Waals surface area contributed by atoms with Crippen molar-refractivity contribution in [2.45, 2.75) is 61.6 Å². The number of nitrogens with one attached hydrogen (secondary N) is 1. The molecule has 0 amide bonds. The van der Waals surface area contributed by atoms with E-state index in [1.165, 1.54) is 0 Å². The zero-order valence-corrected chi connectivity index (χ0v) is 14.0. The molecule has 4 aliphatic rings. The first kappa shape index (κ1) is 15.2. The van der Waals surface area contributed by atoms with Crippen LogP contribution in [0.25, 0.3) is 0 Å². The van der Waals surface area contributed by atoms with Crippen molar-refractivity contribution in [2.75, 3.05) is 13.6 Å². The molecule has 4 rings (SSSR count). The molecule has 2 saturated carbocycles. The number of aliphatic imine (C=N–C) groups is 1. The van der Waals surface area contributed by atoms with Gasteiger partial charge in [0.05, 0.1) is 6.04 Å². The molecule has 0 aromatic heterocycles. The maximum Gasteiger partial charge on any atom is 0.129 e. The number of amidine groups is 1. The van der Waals surface area contributed by atoms with E-state index in [9.17, 15) is 5.11 Å². The Balaban J connectivity index is 1.58. The van der Waals surface area contributed by atoms with E-state index in [0.717, 1.165) is 45.1 Å². The molecule has 0 aromatic carbocycles. The van der Waals surface area contributed by atoms with Crippen molar-refractivity contribution in [3.05, 3.63) is 0 Å². The molecule has 2 aliphatic heterocycles. The molecule has 22 heavy (non-hydrogen) atoms. The van der Waals surface area contributed by atoms with Gasteiger partial charge in [-0.3, -0.25) is 10.4 Å². The largest absolute Gasteiger partial charge is 0.385 e. The Kier molecular flexibility index (Phi) is 3.68. The van der Waals surface area contributed by atoms with Crippen LogP contribution in [0.1, 0.15) is 38.5 Å². The van der Waals surface area contributed by atoms with Gasteiger partial charge in [-0.25, -0.2) is 5.01 Å². The van der Waals surface area contributed by atoms with Crippen LogP contribution in [0.3, 0.4) is 0 Å². The van der Waals surface area contributed by atoms with Crippen LogP contribution in [0.15, 0.2) is 4.99 Å². The number of aliphatic hydroxyl groups is 1. The summed E-state index contributed by atoms with van der Waals surface area (Å²) in [5, 5.41) is 13.9. The van der Waals surface area contributed by atoms with E-state index >= 15 is 0 Å². The average molecular weight is 327 g/mol. The highest BCUT2D eigenvalue weighted by molar-refractivity contribution is 6.20. The molecule has 4 N–H and O–H groups in total. The Hall–Kier alpha value is -0.360. The van der Waals surface area contributed by atoms with Gasteiger partial charge in [0.2, 0.25) is 0 Å². The lowest BCUT2D eigenvalue weighted by atomic mass is 9.64. The molecular weight excluding hydrogens is 300 g/mol. The second-order valence-electron chi connectivity index (χ2n) is 7.73. The zero-order valence-electron chi connectivity index (χ0n) is 13.2. The topological polar surface area (TPSA) is 73.9 Å². The van der Waals surface area contributed by atoms with Crippen LogP contribution < -0.4 is 11.2 Å². The van der Waals surface area contributed by atoms with Gasteiger partial charge in [0, 0.05) is 30.9 Å². The molecule has 3 fully saturated rings. The minimum Gasteiger partial charge on any atom is -0.385 e. The maximum absolute atomic E-state index is 11.6. The van der Waals surface area contributed by atoms with Crippen LogP contribution in [0, 0.1) is 17.8 Å². The van der Waals surface area contributed by atoms with Gasteiger partial charge in [0.1, 0.15) is 11.4 Å². The highest BCUT2D eigenvalue weighted by Crippen LogP contribution is 2.49. The number of nitrogens with zero attached hydrogens (tertiary/aromatic N) is 2. The highest BCUT2D eigenvalue weighted by atomic mass is 35.5. The lowest BCUT2D eigenvalue weighted by Gasteiger charge is -2.45. The summed E-state index contributed by atoms with van der Waals surface area (Å²) in [6.07, 6.45) is 5.98. The summed E-state index contributed by atoms with van der Waals surface area (Å²) in [7, 11) is 2.11. The molecule has 5 nitrogen and oxygen atoms in total. The predicted octanol–water partition coefficient (Wildman–Crippen LogP) is 1.10. The number of alkyl halides is 1. The number of fused-ring (bicyclic) bond motifs is 2. The number of hydrogen-bond donors (Lipinski definition) is 3. The van der Waals surface area contributed by atoms with Gasteiger partial charge in [-0.05, 0) is 50.4 Å². The zero-order chi connectivity index (χ0) is 15.5. The Bertz CT molecular complexity index is 487. The van der Waals surface area contributed by atoms with E-state index in [1.54, 1.807) is 0 Å². The van der Waals surface area contributed by atoms with Crippen molar-refractivity contribution in [2.24, 2.45) is 28.5 Å². The second-order valence-corrected chi connectivity index (χ2v) is 8.35. The number of halogens is 1. The summed E-state index contributed by atoms with van der Waals surface area (Å²) >= 11 is 6.39. The van der Waals surface area contributed by atoms with Crippen molar-refractivity contribution in [3.8, 4) is 0 Å². The third-order valence-electron chi connectivity index (χ3n) is 6.71. The van der Waals surface area contributed by atoms with Crippen LogP contribution in [-0.4, -0.2) is 52.6 Å². The summed E-state index contributed by atoms with van der Waals surface area (Å²) in [6, 6.07) is 0.683. The SMILES string of the molecule is CN1NCC2CCC(C3(O)C(N)=NC4CCC(Cl)CC43)CC21.